The maximum absolute atomic E-state index is 12.3. The number of aliphatic hydroxyl groups excluding tert-OH is 1. The van der Waals surface area contributed by atoms with Crippen molar-refractivity contribution in [1.82, 2.24) is 9.80 Å². The normalized spacial score (nSPS) is 18.7. The van der Waals surface area contributed by atoms with Crippen molar-refractivity contribution in [2.45, 2.75) is 18.6 Å². The maximum Gasteiger partial charge on any atom is 0.239 e. The fourth-order valence-electron chi connectivity index (χ4n) is 2.78. The van der Waals surface area contributed by atoms with Crippen molar-refractivity contribution in [3.05, 3.63) is 35.9 Å². The van der Waals surface area contributed by atoms with Crippen molar-refractivity contribution in [3.63, 3.8) is 0 Å². The molecule has 6 heteroatoms. The second-order valence-corrected chi connectivity index (χ2v) is 6.93. The van der Waals surface area contributed by atoms with Crippen LogP contribution in [0.2, 0.25) is 0 Å². The number of hydrogen-bond donors (Lipinski definition) is 2. The number of carbonyl (C=O) groups excluding carboxylic acids is 1. The molecule has 1 amide bonds. The molecule has 1 unspecified atom stereocenters. The predicted molar refractivity (Wildman–Crippen MR) is 95.4 cm³/mol. The molecule has 1 aromatic rings. The van der Waals surface area contributed by atoms with Crippen LogP contribution in [0.1, 0.15) is 18.1 Å². The number of benzene rings is 1. The van der Waals surface area contributed by atoms with Crippen molar-refractivity contribution in [1.29, 1.82) is 0 Å². The molecule has 2 rings (SSSR count). The minimum atomic E-state index is -0.484. The standard InChI is InChI=1S/C17H27N3O2S/c1-23-12-7-15(18)17(22)20-10-8-19(9-11-20)13-16(21)14-5-3-2-4-6-14/h2-6,15-16,21H,7-13,18H2,1H3/t15-,16?/m0/s1. The lowest BCUT2D eigenvalue weighted by Crippen LogP contribution is -2.53. The van der Waals surface area contributed by atoms with Crippen molar-refractivity contribution < 1.29 is 9.90 Å². The molecule has 1 aliphatic rings. The molecule has 1 aliphatic heterocycles. The van der Waals surface area contributed by atoms with Crippen LogP contribution in [0.4, 0.5) is 0 Å². The van der Waals surface area contributed by atoms with Gasteiger partial charge < -0.3 is 15.7 Å². The van der Waals surface area contributed by atoms with E-state index in [0.717, 1.165) is 30.8 Å². The molecular formula is C17H27N3O2S. The number of rotatable bonds is 7. The lowest BCUT2D eigenvalue weighted by atomic mass is 10.1. The summed E-state index contributed by atoms with van der Waals surface area (Å²) in [6.07, 6.45) is 2.27. The molecule has 0 bridgehead atoms. The molecule has 3 N–H and O–H groups in total. The third-order valence-electron chi connectivity index (χ3n) is 4.25. The van der Waals surface area contributed by atoms with E-state index in [9.17, 15) is 9.90 Å². The maximum atomic E-state index is 12.3. The summed E-state index contributed by atoms with van der Waals surface area (Å²) in [5, 5.41) is 10.3. The van der Waals surface area contributed by atoms with E-state index in [1.165, 1.54) is 0 Å². The van der Waals surface area contributed by atoms with Crippen LogP contribution in [0.5, 0.6) is 0 Å². The van der Waals surface area contributed by atoms with Gasteiger partial charge >= 0.3 is 0 Å². The monoisotopic (exact) mass is 337 g/mol. The van der Waals surface area contributed by atoms with E-state index in [1.54, 1.807) is 11.8 Å². The number of nitrogens with zero attached hydrogens (tertiary/aromatic N) is 2. The Labute approximate surface area is 142 Å². The Morgan fingerprint density at radius 1 is 1.26 bits per heavy atom. The first-order valence-electron chi connectivity index (χ1n) is 8.10. The summed E-state index contributed by atoms with van der Waals surface area (Å²) >= 11 is 1.71. The Morgan fingerprint density at radius 2 is 1.91 bits per heavy atom. The smallest absolute Gasteiger partial charge is 0.239 e. The Balaban J connectivity index is 1.76. The highest BCUT2D eigenvalue weighted by Crippen LogP contribution is 2.15. The van der Waals surface area contributed by atoms with Gasteiger partial charge in [0.2, 0.25) is 5.91 Å². The van der Waals surface area contributed by atoms with E-state index in [1.807, 2.05) is 41.5 Å². The van der Waals surface area contributed by atoms with Crippen LogP contribution in [0.25, 0.3) is 0 Å². The molecule has 1 fully saturated rings. The quantitative estimate of drug-likeness (QED) is 0.775. The van der Waals surface area contributed by atoms with Crippen LogP contribution in [-0.4, -0.2) is 71.6 Å². The zero-order valence-corrected chi connectivity index (χ0v) is 14.5. The first-order chi connectivity index (χ1) is 11.1. The summed E-state index contributed by atoms with van der Waals surface area (Å²) in [5.41, 5.74) is 6.90. The molecule has 0 radical (unpaired) electrons. The Morgan fingerprint density at radius 3 is 2.52 bits per heavy atom. The SMILES string of the molecule is CSCC[C@H](N)C(=O)N1CCN(CC(O)c2ccccc2)CC1. The number of thioether (sulfide) groups is 1. The minimum absolute atomic E-state index is 0.0577. The van der Waals surface area contributed by atoms with E-state index in [-0.39, 0.29) is 11.9 Å². The van der Waals surface area contributed by atoms with Gasteiger partial charge in [0, 0.05) is 32.7 Å². The van der Waals surface area contributed by atoms with Gasteiger partial charge in [-0.15, -0.1) is 0 Å². The number of β-amino-alcohol motifs (C(OH)–C–C–N with tert-alkyl or cyclic N) is 1. The van der Waals surface area contributed by atoms with Crippen LogP contribution < -0.4 is 5.73 Å². The molecule has 5 nitrogen and oxygen atoms in total. The topological polar surface area (TPSA) is 69.8 Å². The number of piperazine rings is 1. The second kappa shape index (κ2) is 9.27. The first kappa shape index (κ1) is 18.3. The molecule has 2 atom stereocenters. The fourth-order valence-corrected chi connectivity index (χ4v) is 3.27. The Kier molecular flexibility index (Phi) is 7.36. The van der Waals surface area contributed by atoms with Gasteiger partial charge in [0.15, 0.2) is 0 Å². The average Bonchev–Trinajstić information content (AvgIpc) is 2.60. The van der Waals surface area contributed by atoms with Crippen LogP contribution in [0, 0.1) is 0 Å². The van der Waals surface area contributed by atoms with Crippen LogP contribution in [0.3, 0.4) is 0 Å². The van der Waals surface area contributed by atoms with Gasteiger partial charge in [-0.25, -0.2) is 0 Å². The molecule has 23 heavy (non-hydrogen) atoms. The molecule has 0 aromatic heterocycles. The third kappa shape index (κ3) is 5.49. The summed E-state index contributed by atoms with van der Waals surface area (Å²) in [6, 6.07) is 9.31. The molecule has 0 aliphatic carbocycles. The van der Waals surface area contributed by atoms with Gasteiger partial charge in [-0.1, -0.05) is 30.3 Å². The molecule has 0 spiro atoms. The summed E-state index contributed by atoms with van der Waals surface area (Å²) in [6.45, 7) is 3.54. The molecule has 1 saturated heterocycles. The van der Waals surface area contributed by atoms with Gasteiger partial charge in [0.25, 0.3) is 0 Å². The van der Waals surface area contributed by atoms with Crippen LogP contribution in [0.15, 0.2) is 30.3 Å². The van der Waals surface area contributed by atoms with Gasteiger partial charge in [-0.3, -0.25) is 9.69 Å². The average molecular weight is 337 g/mol. The second-order valence-electron chi connectivity index (χ2n) is 5.94. The molecule has 128 valence electrons. The van der Waals surface area contributed by atoms with E-state index in [2.05, 4.69) is 4.90 Å². The first-order valence-corrected chi connectivity index (χ1v) is 9.50. The Hall–Kier alpha value is -1.08. The lowest BCUT2D eigenvalue weighted by Gasteiger charge is -2.36. The highest BCUT2D eigenvalue weighted by molar-refractivity contribution is 7.98. The van der Waals surface area contributed by atoms with E-state index in [0.29, 0.717) is 19.6 Å². The number of carbonyl (C=O) groups is 1. The van der Waals surface area contributed by atoms with E-state index < -0.39 is 6.10 Å². The zero-order valence-electron chi connectivity index (χ0n) is 13.7. The molecule has 0 saturated carbocycles. The highest BCUT2D eigenvalue weighted by atomic mass is 32.2. The van der Waals surface area contributed by atoms with Crippen molar-refractivity contribution in [3.8, 4) is 0 Å². The number of hydrogen-bond acceptors (Lipinski definition) is 5. The van der Waals surface area contributed by atoms with Crippen molar-refractivity contribution in [2.24, 2.45) is 5.73 Å². The third-order valence-corrected chi connectivity index (χ3v) is 4.89. The van der Waals surface area contributed by atoms with Crippen LogP contribution >= 0.6 is 11.8 Å². The number of amides is 1. The van der Waals surface area contributed by atoms with Crippen molar-refractivity contribution >= 4 is 17.7 Å². The lowest BCUT2D eigenvalue weighted by molar-refractivity contribution is -0.134. The Bertz CT molecular complexity index is 478. The molecule has 1 aromatic carbocycles. The fraction of sp³-hybridized carbons (Fsp3) is 0.588. The van der Waals surface area contributed by atoms with E-state index >= 15 is 0 Å². The zero-order chi connectivity index (χ0) is 16.7. The van der Waals surface area contributed by atoms with Crippen molar-refractivity contribution in [2.75, 3.05) is 44.7 Å². The van der Waals surface area contributed by atoms with Gasteiger partial charge in [0.1, 0.15) is 0 Å². The van der Waals surface area contributed by atoms with Crippen LogP contribution in [-0.2, 0) is 4.79 Å². The predicted octanol–water partition coefficient (Wildman–Crippen LogP) is 0.945. The molecule has 1 heterocycles. The van der Waals surface area contributed by atoms with Gasteiger partial charge in [0.05, 0.1) is 12.1 Å². The molecular weight excluding hydrogens is 310 g/mol. The summed E-state index contributed by atoms with van der Waals surface area (Å²) in [4.78, 5) is 16.3. The van der Waals surface area contributed by atoms with Gasteiger partial charge in [-0.05, 0) is 24.0 Å². The largest absolute Gasteiger partial charge is 0.387 e. The van der Waals surface area contributed by atoms with E-state index in [4.69, 9.17) is 5.73 Å². The number of aliphatic hydroxyl groups is 1. The number of nitrogens with two attached hydrogens (primary N) is 1. The minimum Gasteiger partial charge on any atom is -0.387 e. The highest BCUT2D eigenvalue weighted by Gasteiger charge is 2.25. The summed E-state index contributed by atoms with van der Waals surface area (Å²) in [7, 11) is 0. The summed E-state index contributed by atoms with van der Waals surface area (Å²) in [5.74, 6) is 0.971. The van der Waals surface area contributed by atoms with Gasteiger partial charge in [-0.2, -0.15) is 11.8 Å². The summed E-state index contributed by atoms with van der Waals surface area (Å²) < 4.78 is 0.